The third-order valence-corrected chi connectivity index (χ3v) is 5.48. The number of hydrogen-bond donors (Lipinski definition) is 1. The second kappa shape index (κ2) is 6.19. The summed E-state index contributed by atoms with van der Waals surface area (Å²) in [4.78, 5) is 5.47. The average Bonchev–Trinajstić information content (AvgIpc) is 2.80. The lowest BCUT2D eigenvalue weighted by Gasteiger charge is -2.34. The first-order valence-electron chi connectivity index (χ1n) is 6.87. The Labute approximate surface area is 128 Å². The Bertz CT molecular complexity index is 605. The van der Waals surface area contributed by atoms with E-state index in [1.165, 1.54) is 15.4 Å². The highest BCUT2D eigenvalue weighted by molar-refractivity contribution is 7.89. The van der Waals surface area contributed by atoms with Gasteiger partial charge in [0, 0.05) is 39.4 Å². The van der Waals surface area contributed by atoms with Crippen LogP contribution in [0.5, 0.6) is 0 Å². The van der Waals surface area contributed by atoms with E-state index in [0.717, 1.165) is 0 Å². The van der Waals surface area contributed by atoms with Crippen molar-refractivity contribution in [2.75, 3.05) is 39.3 Å². The number of hydrogen-bond acceptors (Lipinski definition) is 5. The minimum Gasteiger partial charge on any atom is -0.390 e. The largest absolute Gasteiger partial charge is 0.390 e. The first-order chi connectivity index (χ1) is 10.2. The zero-order chi connectivity index (χ0) is 16.5. The van der Waals surface area contributed by atoms with Crippen molar-refractivity contribution in [3.05, 3.63) is 12.0 Å². The van der Waals surface area contributed by atoms with Crippen molar-refractivity contribution in [3.8, 4) is 0 Å². The molecule has 126 valence electrons. The van der Waals surface area contributed by atoms with Crippen molar-refractivity contribution in [1.82, 2.24) is 18.8 Å². The lowest BCUT2D eigenvalue weighted by Crippen LogP contribution is -2.52. The van der Waals surface area contributed by atoms with E-state index in [1.807, 2.05) is 0 Å². The summed E-state index contributed by atoms with van der Waals surface area (Å²) in [5.74, 6) is -2.58. The number of aliphatic hydroxyl groups excluding tert-OH is 1. The number of aromatic nitrogens is 2. The fraction of sp³-hybridized carbons (Fsp3) is 0.750. The second-order valence-electron chi connectivity index (χ2n) is 5.43. The van der Waals surface area contributed by atoms with Crippen LogP contribution in [0, 0.1) is 6.92 Å². The third kappa shape index (κ3) is 3.62. The predicted molar refractivity (Wildman–Crippen MR) is 75.2 cm³/mol. The molecule has 1 aromatic rings. The summed E-state index contributed by atoms with van der Waals surface area (Å²) in [5.41, 5.74) is 0. The highest BCUT2D eigenvalue weighted by atomic mass is 32.2. The number of imidazole rings is 1. The molecule has 0 saturated carbocycles. The van der Waals surface area contributed by atoms with Gasteiger partial charge in [-0.15, -0.1) is 0 Å². The van der Waals surface area contributed by atoms with Gasteiger partial charge < -0.3 is 9.67 Å². The van der Waals surface area contributed by atoms with Crippen LogP contribution >= 0.6 is 0 Å². The van der Waals surface area contributed by atoms with E-state index in [-0.39, 0.29) is 31.2 Å². The van der Waals surface area contributed by atoms with Crippen LogP contribution in [-0.4, -0.2) is 77.5 Å². The fourth-order valence-corrected chi connectivity index (χ4v) is 3.74. The normalized spacial score (nSPS) is 18.8. The van der Waals surface area contributed by atoms with Crippen molar-refractivity contribution in [2.24, 2.45) is 7.05 Å². The van der Waals surface area contributed by atoms with E-state index in [9.17, 15) is 17.2 Å². The number of aliphatic hydroxyl groups is 1. The summed E-state index contributed by atoms with van der Waals surface area (Å²) in [6, 6.07) is 0. The number of sulfonamides is 1. The highest BCUT2D eigenvalue weighted by Gasteiger charge is 2.35. The summed E-state index contributed by atoms with van der Waals surface area (Å²) in [6.45, 7) is 0.562. The summed E-state index contributed by atoms with van der Waals surface area (Å²) in [6.07, 6.45) is 1.44. The highest BCUT2D eigenvalue weighted by Crippen LogP contribution is 2.19. The zero-order valence-electron chi connectivity index (χ0n) is 12.5. The predicted octanol–water partition coefficient (Wildman–Crippen LogP) is -0.338. The van der Waals surface area contributed by atoms with Gasteiger partial charge in [-0.2, -0.15) is 4.31 Å². The minimum absolute atomic E-state index is 0.0263. The molecule has 7 nitrogen and oxygen atoms in total. The van der Waals surface area contributed by atoms with Crippen LogP contribution in [0.2, 0.25) is 0 Å². The minimum atomic E-state index is -3.70. The number of alkyl halides is 2. The van der Waals surface area contributed by atoms with Gasteiger partial charge in [0.1, 0.15) is 12.4 Å². The van der Waals surface area contributed by atoms with E-state index in [4.69, 9.17) is 5.11 Å². The van der Waals surface area contributed by atoms with Crippen LogP contribution < -0.4 is 0 Å². The van der Waals surface area contributed by atoms with Gasteiger partial charge in [-0.1, -0.05) is 0 Å². The molecule has 1 aliphatic rings. The Balaban J connectivity index is 2.02. The average molecular weight is 338 g/mol. The maximum atomic E-state index is 13.1. The van der Waals surface area contributed by atoms with Gasteiger partial charge >= 0.3 is 0 Å². The molecular formula is C12H20F2N4O3S. The van der Waals surface area contributed by atoms with Crippen LogP contribution in [0.4, 0.5) is 8.78 Å². The SMILES string of the molecule is Cc1nc(S(=O)(=O)N2CCN(CC(F)(F)CO)CC2)cn1C. The maximum absolute atomic E-state index is 13.1. The van der Waals surface area contributed by atoms with E-state index < -0.39 is 29.1 Å². The van der Waals surface area contributed by atoms with Crippen molar-refractivity contribution in [1.29, 1.82) is 0 Å². The molecule has 1 fully saturated rings. The third-order valence-electron chi connectivity index (χ3n) is 3.71. The van der Waals surface area contributed by atoms with Gasteiger partial charge in [0.05, 0.1) is 6.54 Å². The summed E-state index contributed by atoms with van der Waals surface area (Å²) < 4.78 is 54.0. The molecule has 0 aromatic carbocycles. The lowest BCUT2D eigenvalue weighted by molar-refractivity contribution is -0.0762. The maximum Gasteiger partial charge on any atom is 0.283 e. The Morgan fingerprint density at radius 3 is 2.36 bits per heavy atom. The molecule has 0 aliphatic carbocycles. The molecule has 1 aromatic heterocycles. The van der Waals surface area contributed by atoms with E-state index in [1.54, 1.807) is 18.5 Å². The van der Waals surface area contributed by atoms with Crippen molar-refractivity contribution in [2.45, 2.75) is 17.9 Å². The summed E-state index contributed by atoms with van der Waals surface area (Å²) >= 11 is 0. The number of piperazine rings is 1. The van der Waals surface area contributed by atoms with Gasteiger partial charge in [-0.3, -0.25) is 4.90 Å². The molecule has 0 spiro atoms. The van der Waals surface area contributed by atoms with Crippen molar-refractivity contribution < 1.29 is 22.3 Å². The van der Waals surface area contributed by atoms with Gasteiger partial charge in [0.2, 0.25) is 0 Å². The van der Waals surface area contributed by atoms with Crippen LogP contribution in [0.3, 0.4) is 0 Å². The Morgan fingerprint density at radius 1 is 1.32 bits per heavy atom. The molecule has 0 unspecified atom stereocenters. The first kappa shape index (κ1) is 17.3. The molecule has 0 bridgehead atoms. The molecule has 10 heteroatoms. The zero-order valence-corrected chi connectivity index (χ0v) is 13.4. The van der Waals surface area contributed by atoms with Crippen LogP contribution in [0.25, 0.3) is 0 Å². The van der Waals surface area contributed by atoms with Gasteiger partial charge in [0.25, 0.3) is 15.9 Å². The number of rotatable bonds is 5. The smallest absolute Gasteiger partial charge is 0.283 e. The molecule has 2 rings (SSSR count). The summed E-state index contributed by atoms with van der Waals surface area (Å²) in [7, 11) is -1.99. The Hall–Kier alpha value is -1.10. The second-order valence-corrected chi connectivity index (χ2v) is 7.32. The molecule has 22 heavy (non-hydrogen) atoms. The van der Waals surface area contributed by atoms with E-state index >= 15 is 0 Å². The van der Waals surface area contributed by atoms with Gasteiger partial charge in [-0.25, -0.2) is 22.2 Å². The van der Waals surface area contributed by atoms with Crippen LogP contribution in [-0.2, 0) is 17.1 Å². The molecule has 2 heterocycles. The van der Waals surface area contributed by atoms with Crippen LogP contribution in [0.15, 0.2) is 11.2 Å². The molecule has 0 radical (unpaired) electrons. The molecule has 0 atom stereocenters. The fourth-order valence-electron chi connectivity index (χ4n) is 2.29. The molecule has 1 N–H and O–H groups in total. The van der Waals surface area contributed by atoms with Gasteiger partial charge in [0.15, 0.2) is 5.03 Å². The van der Waals surface area contributed by atoms with Crippen molar-refractivity contribution in [3.63, 3.8) is 0 Å². The van der Waals surface area contributed by atoms with Crippen LogP contribution in [0.1, 0.15) is 5.82 Å². The summed E-state index contributed by atoms with van der Waals surface area (Å²) in [5, 5.41) is 8.56. The monoisotopic (exact) mass is 338 g/mol. The van der Waals surface area contributed by atoms with E-state index in [2.05, 4.69) is 4.98 Å². The number of nitrogens with zero attached hydrogens (tertiary/aromatic N) is 4. The Morgan fingerprint density at radius 2 is 1.91 bits per heavy atom. The quantitative estimate of drug-likeness (QED) is 0.795. The Kier molecular flexibility index (Phi) is 4.85. The first-order valence-corrected chi connectivity index (χ1v) is 8.31. The number of aryl methyl sites for hydroxylation is 2. The molecule has 1 saturated heterocycles. The van der Waals surface area contributed by atoms with E-state index in [0.29, 0.717) is 5.82 Å². The molecule has 1 aliphatic heterocycles. The lowest BCUT2D eigenvalue weighted by atomic mass is 10.3. The standard InChI is InChI=1S/C12H20F2N4O3S/c1-10-15-11(7-16(10)2)22(20,21)18-5-3-17(4-6-18)8-12(13,14)9-19/h7,19H,3-6,8-9H2,1-2H3. The number of halogens is 2. The van der Waals surface area contributed by atoms with Gasteiger partial charge in [-0.05, 0) is 6.92 Å². The van der Waals surface area contributed by atoms with Crippen molar-refractivity contribution >= 4 is 10.0 Å². The molecular weight excluding hydrogens is 318 g/mol. The molecule has 0 amide bonds. The topological polar surface area (TPSA) is 78.7 Å².